The van der Waals surface area contributed by atoms with E-state index < -0.39 is 17.9 Å². The minimum Gasteiger partial charge on any atom is -0.481 e. The fourth-order valence-electron chi connectivity index (χ4n) is 2.49. The Morgan fingerprint density at radius 3 is 0.806 bits per heavy atom. The summed E-state index contributed by atoms with van der Waals surface area (Å²) in [6, 6.07) is 0. The van der Waals surface area contributed by atoms with Crippen LogP contribution in [0.3, 0.4) is 0 Å². The van der Waals surface area contributed by atoms with Crippen LogP contribution in [-0.4, -0.2) is 33.2 Å². The first-order valence-corrected chi connectivity index (χ1v) is 11.5. The summed E-state index contributed by atoms with van der Waals surface area (Å²) in [5.41, 5.74) is 0. The summed E-state index contributed by atoms with van der Waals surface area (Å²) in [4.78, 5) is 30.1. The molecular weight excluding hydrogens is 543 g/mol. The van der Waals surface area contributed by atoms with Crippen LogP contribution in [0, 0.1) is 56.4 Å². The first kappa shape index (κ1) is 38.0. The molecule has 7 heteroatoms. The Morgan fingerprint density at radius 1 is 0.484 bits per heavy atom. The van der Waals surface area contributed by atoms with Crippen LogP contribution in [0.2, 0.25) is 0 Å². The van der Waals surface area contributed by atoms with Gasteiger partial charge in [-0.1, -0.05) is 80.1 Å². The van der Waals surface area contributed by atoms with Gasteiger partial charge in [-0.2, -0.15) is 0 Å². The predicted molar refractivity (Wildman–Crippen MR) is 123 cm³/mol. The summed E-state index contributed by atoms with van der Waals surface area (Å²) >= 11 is 0. The van der Waals surface area contributed by atoms with Gasteiger partial charge in [-0.25, -0.2) is 0 Å². The van der Waals surface area contributed by atoms with Crippen molar-refractivity contribution < 1.29 is 68.3 Å². The van der Waals surface area contributed by atoms with E-state index in [1.165, 1.54) is 0 Å². The molecule has 0 aliphatic rings. The van der Waals surface area contributed by atoms with E-state index in [-0.39, 0.29) is 38.6 Å². The second-order valence-corrected chi connectivity index (χ2v) is 9.10. The first-order chi connectivity index (χ1) is 13.9. The van der Waals surface area contributed by atoms with E-state index in [0.29, 0.717) is 37.0 Å². The number of carboxylic acid groups (broad SMARTS) is 3. The molecule has 0 aliphatic heterocycles. The summed E-state index contributed by atoms with van der Waals surface area (Å²) in [5, 5.41) is 24.8. The molecule has 3 N–H and O–H groups in total. The van der Waals surface area contributed by atoms with Gasteiger partial charge in [0.05, 0.1) is 0 Å². The second kappa shape index (κ2) is 27.7. The maximum Gasteiger partial charge on any atom is 0.303 e. The fourth-order valence-corrected chi connectivity index (χ4v) is 2.49. The van der Waals surface area contributed by atoms with E-state index in [0.717, 1.165) is 57.8 Å². The summed E-state index contributed by atoms with van der Waals surface area (Å²) in [6.45, 7) is 12.9. The number of rotatable bonds is 15. The average Bonchev–Trinajstić information content (AvgIpc) is 2.60. The van der Waals surface area contributed by atoms with Gasteiger partial charge in [-0.3, -0.25) is 14.4 Å². The van der Waals surface area contributed by atoms with Crippen molar-refractivity contribution >= 4 is 17.9 Å². The fraction of sp³-hybridized carbons (Fsp3) is 0.875. The van der Waals surface area contributed by atoms with Crippen molar-refractivity contribution in [3.63, 3.8) is 0 Å². The van der Waals surface area contributed by atoms with E-state index in [2.05, 4.69) is 41.5 Å². The number of carbonyl (C=O) groups is 3. The zero-order valence-corrected chi connectivity index (χ0v) is 22.8. The Labute approximate surface area is 221 Å². The second-order valence-electron chi connectivity index (χ2n) is 9.10. The molecule has 0 aromatic carbocycles. The van der Waals surface area contributed by atoms with Gasteiger partial charge >= 0.3 is 17.9 Å². The smallest absolute Gasteiger partial charge is 0.303 e. The van der Waals surface area contributed by atoms with Crippen molar-refractivity contribution in [2.24, 2.45) is 17.8 Å². The topological polar surface area (TPSA) is 112 Å². The Kier molecular flexibility index (Phi) is 34.0. The minimum absolute atomic E-state index is 0. The van der Waals surface area contributed by atoms with Crippen LogP contribution in [0.1, 0.15) is 119 Å². The molecule has 0 aromatic rings. The van der Waals surface area contributed by atoms with Gasteiger partial charge in [-0.15, -0.1) is 0 Å². The van der Waals surface area contributed by atoms with Gasteiger partial charge in [0.1, 0.15) is 0 Å². The van der Waals surface area contributed by atoms with E-state index in [1.807, 2.05) is 0 Å². The van der Waals surface area contributed by atoms with Crippen LogP contribution < -0.4 is 0 Å². The molecule has 189 valence electrons. The number of unbranched alkanes of at least 4 members (excludes halogenated alkanes) is 3. The molecule has 1 radical (unpaired) electrons. The molecule has 0 saturated heterocycles. The third-order valence-electron chi connectivity index (χ3n) is 4.27. The van der Waals surface area contributed by atoms with Gasteiger partial charge in [0.2, 0.25) is 0 Å². The van der Waals surface area contributed by atoms with Crippen molar-refractivity contribution in [3.8, 4) is 0 Å². The van der Waals surface area contributed by atoms with Crippen LogP contribution in [-0.2, 0) is 14.4 Å². The molecular formula is C24H48O6Tb. The van der Waals surface area contributed by atoms with E-state index >= 15 is 0 Å². The molecule has 0 aliphatic carbocycles. The molecule has 0 amide bonds. The molecule has 0 fully saturated rings. The van der Waals surface area contributed by atoms with Crippen LogP contribution in [0.15, 0.2) is 0 Å². The minimum atomic E-state index is -0.677. The molecule has 0 aromatic heterocycles. The Morgan fingerprint density at radius 2 is 0.677 bits per heavy atom. The maximum atomic E-state index is 10.0. The zero-order valence-electron chi connectivity index (χ0n) is 20.6. The molecule has 0 unspecified atom stereocenters. The Balaban J connectivity index is -0.000000174. The van der Waals surface area contributed by atoms with Gasteiger partial charge in [0.15, 0.2) is 0 Å². The van der Waals surface area contributed by atoms with Crippen LogP contribution >= 0.6 is 0 Å². The van der Waals surface area contributed by atoms with Crippen molar-refractivity contribution in [2.45, 2.75) is 119 Å². The number of hydrogen-bond acceptors (Lipinski definition) is 3. The maximum absolute atomic E-state index is 10.0. The van der Waals surface area contributed by atoms with E-state index in [1.54, 1.807) is 0 Å². The Hall–Kier alpha value is -0.304. The van der Waals surface area contributed by atoms with Crippen molar-refractivity contribution in [1.29, 1.82) is 0 Å². The van der Waals surface area contributed by atoms with Crippen LogP contribution in [0.4, 0.5) is 0 Å². The molecule has 31 heavy (non-hydrogen) atoms. The summed E-state index contributed by atoms with van der Waals surface area (Å²) < 4.78 is 0. The van der Waals surface area contributed by atoms with Crippen molar-refractivity contribution in [2.75, 3.05) is 0 Å². The average molecular weight is 592 g/mol. The molecule has 0 spiro atoms. The van der Waals surface area contributed by atoms with Gasteiger partial charge < -0.3 is 15.3 Å². The van der Waals surface area contributed by atoms with E-state index in [9.17, 15) is 14.4 Å². The first-order valence-electron chi connectivity index (χ1n) is 11.5. The Bertz CT molecular complexity index is 360. The zero-order chi connectivity index (χ0) is 23.9. The normalized spacial score (nSPS) is 9.97. The summed E-state index contributed by atoms with van der Waals surface area (Å²) in [7, 11) is 0. The molecule has 0 atom stereocenters. The standard InChI is InChI=1S/3C8H16O2.Tb/c3*1-7(2)5-3-4-6-8(9)10;/h3*7H,3-6H2,1-2H3,(H,9,10);. The van der Waals surface area contributed by atoms with Crippen molar-refractivity contribution in [3.05, 3.63) is 0 Å². The molecule has 0 bridgehead atoms. The van der Waals surface area contributed by atoms with Crippen LogP contribution in [0.5, 0.6) is 0 Å². The molecule has 0 rings (SSSR count). The van der Waals surface area contributed by atoms with Crippen molar-refractivity contribution in [1.82, 2.24) is 0 Å². The summed E-state index contributed by atoms with van der Waals surface area (Å²) in [6.07, 6.45) is 10.0. The largest absolute Gasteiger partial charge is 0.481 e. The monoisotopic (exact) mass is 591 g/mol. The van der Waals surface area contributed by atoms with Gasteiger partial charge in [-0.05, 0) is 37.0 Å². The number of hydrogen-bond donors (Lipinski definition) is 3. The SMILES string of the molecule is CC(C)CCCCC(=O)O.CC(C)CCCCC(=O)O.CC(C)CCCCC(=O)O.[Tb]. The molecule has 0 saturated carbocycles. The van der Waals surface area contributed by atoms with E-state index in [4.69, 9.17) is 15.3 Å². The van der Waals surface area contributed by atoms with Gasteiger partial charge in [0, 0.05) is 57.9 Å². The van der Waals surface area contributed by atoms with Crippen LogP contribution in [0.25, 0.3) is 0 Å². The molecule has 6 nitrogen and oxygen atoms in total. The quantitative estimate of drug-likeness (QED) is 0.179. The number of carboxylic acids is 3. The number of aliphatic carboxylic acids is 3. The predicted octanol–water partition coefficient (Wildman–Crippen LogP) is 6.86. The molecule has 0 heterocycles. The third-order valence-corrected chi connectivity index (χ3v) is 4.27. The third kappa shape index (κ3) is 53.2. The summed E-state index contributed by atoms with van der Waals surface area (Å²) in [5.74, 6) is 0.0765. The van der Waals surface area contributed by atoms with Gasteiger partial charge in [0.25, 0.3) is 0 Å².